The Balaban J connectivity index is 2.37. The van der Waals surface area contributed by atoms with Gasteiger partial charge < -0.3 is 10.7 Å². The van der Waals surface area contributed by atoms with Gasteiger partial charge in [-0.3, -0.25) is 4.79 Å². The molecule has 1 heterocycles. The van der Waals surface area contributed by atoms with E-state index in [1.165, 1.54) is 6.07 Å². The predicted octanol–water partition coefficient (Wildman–Crippen LogP) is 2.73. The summed E-state index contributed by atoms with van der Waals surface area (Å²) in [5.41, 5.74) is 5.71. The van der Waals surface area contributed by atoms with Gasteiger partial charge in [-0.2, -0.15) is 0 Å². The van der Waals surface area contributed by atoms with E-state index in [4.69, 9.17) is 5.73 Å². The largest absolute Gasteiger partial charge is 0.395 e. The second-order valence-corrected chi connectivity index (χ2v) is 5.22. The molecule has 7 heteroatoms. The number of aromatic nitrogens is 2. The molecule has 0 amide bonds. The van der Waals surface area contributed by atoms with E-state index in [0.29, 0.717) is 18.2 Å². The number of hydrogen-bond donors (Lipinski definition) is 2. The number of aromatic amines is 1. The summed E-state index contributed by atoms with van der Waals surface area (Å²) in [6.07, 6.45) is 1.50. The third-order valence-corrected chi connectivity index (χ3v) is 3.49. The molecular formula is C13H13F2N3OS. The molecular weight excluding hydrogens is 284 g/mol. The molecule has 0 fully saturated rings. The molecule has 4 nitrogen and oxygen atoms in total. The Morgan fingerprint density at radius 3 is 2.80 bits per heavy atom. The molecule has 0 saturated heterocycles. The van der Waals surface area contributed by atoms with Gasteiger partial charge in [0.25, 0.3) is 5.56 Å². The Bertz CT molecular complexity index is 688. The summed E-state index contributed by atoms with van der Waals surface area (Å²) >= 11 is 0.925. The van der Waals surface area contributed by atoms with Crippen LogP contribution in [0.25, 0.3) is 0 Å². The van der Waals surface area contributed by atoms with Gasteiger partial charge >= 0.3 is 0 Å². The highest BCUT2D eigenvalue weighted by Crippen LogP contribution is 2.31. The number of rotatable bonds is 4. The highest BCUT2D eigenvalue weighted by atomic mass is 32.2. The second kappa shape index (κ2) is 6.04. The Kier molecular flexibility index (Phi) is 4.39. The Labute approximate surface area is 118 Å². The fourth-order valence-corrected chi connectivity index (χ4v) is 2.57. The maximum Gasteiger partial charge on any atom is 0.251 e. The number of hydrogen-bond acceptors (Lipinski definition) is 4. The molecule has 0 aliphatic heterocycles. The van der Waals surface area contributed by atoms with Gasteiger partial charge in [0.2, 0.25) is 0 Å². The number of halogens is 2. The molecule has 0 spiro atoms. The van der Waals surface area contributed by atoms with Crippen molar-refractivity contribution >= 4 is 17.4 Å². The van der Waals surface area contributed by atoms with Gasteiger partial charge in [-0.05, 0) is 24.2 Å². The van der Waals surface area contributed by atoms with Gasteiger partial charge in [-0.25, -0.2) is 13.8 Å². The normalized spacial score (nSPS) is 10.8. The van der Waals surface area contributed by atoms with Crippen molar-refractivity contribution in [1.82, 2.24) is 9.97 Å². The van der Waals surface area contributed by atoms with Crippen LogP contribution in [0.3, 0.4) is 0 Å². The van der Waals surface area contributed by atoms with Crippen LogP contribution < -0.4 is 11.3 Å². The molecule has 0 unspecified atom stereocenters. The van der Waals surface area contributed by atoms with E-state index in [2.05, 4.69) is 9.97 Å². The predicted molar refractivity (Wildman–Crippen MR) is 73.7 cm³/mol. The van der Waals surface area contributed by atoms with E-state index >= 15 is 0 Å². The number of aryl methyl sites for hydroxylation is 1. The van der Waals surface area contributed by atoms with Gasteiger partial charge in [0, 0.05) is 22.7 Å². The number of nitrogens with one attached hydrogen (secondary N) is 1. The fourth-order valence-electron chi connectivity index (χ4n) is 1.67. The van der Waals surface area contributed by atoms with Crippen molar-refractivity contribution in [2.45, 2.75) is 29.8 Å². The molecule has 2 rings (SSSR count). The Morgan fingerprint density at radius 1 is 1.35 bits per heavy atom. The maximum atomic E-state index is 13.4. The lowest BCUT2D eigenvalue weighted by atomic mass is 10.2. The molecule has 1 aromatic carbocycles. The number of nitrogens with two attached hydrogens (primary N) is 1. The van der Waals surface area contributed by atoms with Gasteiger partial charge in [-0.15, -0.1) is 0 Å². The van der Waals surface area contributed by atoms with Crippen LogP contribution in [0.5, 0.6) is 0 Å². The molecule has 3 N–H and O–H groups in total. The molecule has 0 aliphatic carbocycles. The minimum atomic E-state index is -0.834. The van der Waals surface area contributed by atoms with Crippen molar-refractivity contribution in [2.75, 3.05) is 5.73 Å². The number of nitrogen functional groups attached to an aromatic ring is 1. The van der Waals surface area contributed by atoms with Gasteiger partial charge in [-0.1, -0.05) is 13.3 Å². The summed E-state index contributed by atoms with van der Waals surface area (Å²) in [6, 6.07) is 3.22. The lowest BCUT2D eigenvalue weighted by molar-refractivity contribution is 0.581. The van der Waals surface area contributed by atoms with E-state index < -0.39 is 11.6 Å². The first-order valence-corrected chi connectivity index (χ1v) is 6.84. The van der Waals surface area contributed by atoms with Crippen LogP contribution in [0.1, 0.15) is 19.0 Å². The molecule has 1 aromatic heterocycles. The molecule has 0 saturated carbocycles. The van der Waals surface area contributed by atoms with E-state index in [-0.39, 0.29) is 21.3 Å². The summed E-state index contributed by atoms with van der Waals surface area (Å²) in [5, 5.41) is 0.262. The smallest absolute Gasteiger partial charge is 0.251 e. The summed E-state index contributed by atoms with van der Waals surface area (Å²) in [6.45, 7) is 1.97. The SMILES string of the molecule is CCCc1cc(=O)[nH]c(Sc2cc(F)cc(F)c2N)n1. The minimum absolute atomic E-state index is 0.167. The topological polar surface area (TPSA) is 71.8 Å². The van der Waals surface area contributed by atoms with Crippen molar-refractivity contribution in [3.63, 3.8) is 0 Å². The second-order valence-electron chi connectivity index (χ2n) is 4.19. The number of anilines is 1. The number of benzene rings is 1. The van der Waals surface area contributed by atoms with Crippen LogP contribution in [0, 0.1) is 11.6 Å². The van der Waals surface area contributed by atoms with Crippen LogP contribution >= 0.6 is 11.8 Å². The van der Waals surface area contributed by atoms with E-state index in [1.54, 1.807) is 0 Å². The van der Waals surface area contributed by atoms with E-state index in [9.17, 15) is 13.6 Å². The van der Waals surface area contributed by atoms with Gasteiger partial charge in [0.15, 0.2) is 5.16 Å². The zero-order chi connectivity index (χ0) is 14.7. The van der Waals surface area contributed by atoms with Crippen LogP contribution in [-0.4, -0.2) is 9.97 Å². The first-order chi connectivity index (χ1) is 9.49. The standard InChI is InChI=1S/C13H13F2N3OS/c1-2-3-8-6-11(19)18-13(17-8)20-10-5-7(14)4-9(15)12(10)16/h4-6H,2-3,16H2,1H3,(H,17,18,19). The van der Waals surface area contributed by atoms with Gasteiger partial charge in [0.05, 0.1) is 5.69 Å². The van der Waals surface area contributed by atoms with Crippen molar-refractivity contribution in [2.24, 2.45) is 0 Å². The molecule has 0 aliphatic rings. The van der Waals surface area contributed by atoms with Crippen LogP contribution in [0.4, 0.5) is 14.5 Å². The third kappa shape index (κ3) is 3.36. The van der Waals surface area contributed by atoms with Gasteiger partial charge in [0.1, 0.15) is 11.6 Å². The number of nitrogens with zero attached hydrogens (tertiary/aromatic N) is 1. The fraction of sp³-hybridized carbons (Fsp3) is 0.231. The highest BCUT2D eigenvalue weighted by molar-refractivity contribution is 7.99. The summed E-state index contributed by atoms with van der Waals surface area (Å²) < 4.78 is 26.5. The average Bonchev–Trinajstić information content (AvgIpc) is 2.35. The molecule has 2 aromatic rings. The first-order valence-electron chi connectivity index (χ1n) is 6.02. The molecule has 20 heavy (non-hydrogen) atoms. The van der Waals surface area contributed by atoms with Crippen molar-refractivity contribution in [3.05, 3.63) is 45.9 Å². The molecule has 106 valence electrons. The van der Waals surface area contributed by atoms with E-state index in [1.807, 2.05) is 6.92 Å². The first kappa shape index (κ1) is 14.5. The van der Waals surface area contributed by atoms with Crippen LogP contribution in [-0.2, 0) is 6.42 Å². The van der Waals surface area contributed by atoms with Crippen LogP contribution in [0.15, 0.2) is 33.0 Å². The van der Waals surface area contributed by atoms with Crippen LogP contribution in [0.2, 0.25) is 0 Å². The zero-order valence-electron chi connectivity index (χ0n) is 10.7. The lowest BCUT2D eigenvalue weighted by Crippen LogP contribution is -2.10. The monoisotopic (exact) mass is 297 g/mol. The summed E-state index contributed by atoms with van der Waals surface area (Å²) in [5.74, 6) is -1.56. The summed E-state index contributed by atoms with van der Waals surface area (Å²) in [7, 11) is 0. The van der Waals surface area contributed by atoms with E-state index in [0.717, 1.165) is 24.2 Å². The quantitative estimate of drug-likeness (QED) is 0.672. The molecule has 0 bridgehead atoms. The minimum Gasteiger partial charge on any atom is -0.395 e. The van der Waals surface area contributed by atoms with Crippen molar-refractivity contribution in [1.29, 1.82) is 0 Å². The van der Waals surface area contributed by atoms with Crippen molar-refractivity contribution < 1.29 is 8.78 Å². The highest BCUT2D eigenvalue weighted by Gasteiger charge is 2.11. The van der Waals surface area contributed by atoms with Crippen molar-refractivity contribution in [3.8, 4) is 0 Å². The number of H-pyrrole nitrogens is 1. The maximum absolute atomic E-state index is 13.4. The zero-order valence-corrected chi connectivity index (χ0v) is 11.6. The third-order valence-electron chi connectivity index (χ3n) is 2.54. The lowest BCUT2D eigenvalue weighted by Gasteiger charge is -2.07. The summed E-state index contributed by atoms with van der Waals surface area (Å²) in [4.78, 5) is 18.4. The Morgan fingerprint density at radius 2 is 2.10 bits per heavy atom. The Hall–Kier alpha value is -1.89. The molecule has 0 radical (unpaired) electrons. The molecule has 0 atom stereocenters. The average molecular weight is 297 g/mol.